The van der Waals surface area contributed by atoms with Crippen LogP contribution in [0, 0.1) is 5.82 Å². The van der Waals surface area contributed by atoms with Crippen LogP contribution in [-0.4, -0.2) is 34.2 Å². The Morgan fingerprint density at radius 2 is 2.33 bits per heavy atom. The Kier molecular flexibility index (Phi) is 3.78. The minimum absolute atomic E-state index is 0.145. The molecule has 1 aliphatic rings. The monoisotopic (exact) mass is 327 g/mol. The summed E-state index contributed by atoms with van der Waals surface area (Å²) in [6, 6.07) is 4.52. The van der Waals surface area contributed by atoms with E-state index in [-0.39, 0.29) is 18.1 Å². The summed E-state index contributed by atoms with van der Waals surface area (Å²) in [6.07, 6.45) is 4.59. The lowest BCUT2D eigenvalue weighted by Gasteiger charge is -2.10. The van der Waals surface area contributed by atoms with Crippen LogP contribution in [0.25, 0.3) is 10.9 Å². The molecule has 124 valence electrons. The maximum Gasteiger partial charge on any atom is 0.228 e. The fraction of sp³-hybridized carbons (Fsp3) is 0.294. The van der Waals surface area contributed by atoms with Crippen molar-refractivity contribution in [2.75, 3.05) is 18.4 Å². The van der Waals surface area contributed by atoms with Crippen molar-refractivity contribution in [3.05, 3.63) is 47.7 Å². The molecule has 0 radical (unpaired) electrons. The van der Waals surface area contributed by atoms with E-state index in [1.807, 2.05) is 0 Å². The van der Waals surface area contributed by atoms with Crippen LogP contribution in [-0.2, 0) is 11.2 Å². The van der Waals surface area contributed by atoms with Gasteiger partial charge in [-0.15, -0.1) is 0 Å². The first-order valence-electron chi connectivity index (χ1n) is 8.00. The van der Waals surface area contributed by atoms with Crippen molar-refractivity contribution in [3.8, 4) is 0 Å². The van der Waals surface area contributed by atoms with Gasteiger partial charge in [-0.05, 0) is 36.7 Å². The Morgan fingerprint density at radius 3 is 3.17 bits per heavy atom. The minimum atomic E-state index is -0.311. The van der Waals surface area contributed by atoms with Crippen molar-refractivity contribution in [2.24, 2.45) is 0 Å². The molecule has 4 N–H and O–H groups in total. The number of halogens is 1. The minimum Gasteiger partial charge on any atom is -0.361 e. The molecule has 7 heteroatoms. The fourth-order valence-corrected chi connectivity index (χ4v) is 3.27. The largest absolute Gasteiger partial charge is 0.361 e. The van der Waals surface area contributed by atoms with E-state index in [9.17, 15) is 9.18 Å². The molecule has 1 aromatic carbocycles. The van der Waals surface area contributed by atoms with E-state index in [0.717, 1.165) is 47.4 Å². The Labute approximate surface area is 137 Å². The van der Waals surface area contributed by atoms with Gasteiger partial charge in [-0.1, -0.05) is 0 Å². The van der Waals surface area contributed by atoms with Crippen LogP contribution in [0.4, 0.5) is 10.1 Å². The Hall–Kier alpha value is -2.67. The van der Waals surface area contributed by atoms with Crippen LogP contribution >= 0.6 is 0 Å². The first-order chi connectivity index (χ1) is 11.7. The summed E-state index contributed by atoms with van der Waals surface area (Å²) in [5.41, 5.74) is 3.27. The van der Waals surface area contributed by atoms with Gasteiger partial charge in [0, 0.05) is 29.6 Å². The SMILES string of the molecule is O=C(Cc1c[nH]c2ccc(F)cc12)Nc1cn[nH]c1C1CCNC1. The fourth-order valence-electron chi connectivity index (χ4n) is 3.27. The molecule has 1 atom stereocenters. The number of benzene rings is 1. The second kappa shape index (κ2) is 6.09. The van der Waals surface area contributed by atoms with Gasteiger partial charge in [-0.25, -0.2) is 4.39 Å². The third-order valence-corrected chi connectivity index (χ3v) is 4.49. The van der Waals surface area contributed by atoms with Crippen LogP contribution in [0.3, 0.4) is 0 Å². The number of fused-ring (bicyclic) bond motifs is 1. The number of carbonyl (C=O) groups excluding carboxylic acids is 1. The number of H-pyrrole nitrogens is 2. The second-order valence-electron chi connectivity index (χ2n) is 6.12. The zero-order chi connectivity index (χ0) is 16.5. The first kappa shape index (κ1) is 14.9. The van der Waals surface area contributed by atoms with Crippen LogP contribution in [0.15, 0.2) is 30.6 Å². The smallest absolute Gasteiger partial charge is 0.228 e. The predicted octanol–water partition coefficient (Wildman–Crippen LogP) is 2.29. The summed E-state index contributed by atoms with van der Waals surface area (Å²) >= 11 is 0. The van der Waals surface area contributed by atoms with Crippen molar-refractivity contribution < 1.29 is 9.18 Å². The van der Waals surface area contributed by atoms with Crippen LogP contribution in [0.1, 0.15) is 23.6 Å². The zero-order valence-electron chi connectivity index (χ0n) is 13.0. The molecular weight excluding hydrogens is 309 g/mol. The summed E-state index contributed by atoms with van der Waals surface area (Å²) in [5.74, 6) is -0.117. The van der Waals surface area contributed by atoms with Gasteiger partial charge in [0.15, 0.2) is 0 Å². The Morgan fingerprint density at radius 1 is 1.42 bits per heavy atom. The van der Waals surface area contributed by atoms with E-state index in [0.29, 0.717) is 5.92 Å². The topological polar surface area (TPSA) is 85.6 Å². The molecule has 0 bridgehead atoms. The average Bonchev–Trinajstić information content (AvgIpc) is 3.28. The van der Waals surface area contributed by atoms with E-state index in [2.05, 4.69) is 25.8 Å². The first-order valence-corrected chi connectivity index (χ1v) is 8.00. The Balaban J connectivity index is 1.50. The maximum atomic E-state index is 13.4. The molecule has 0 saturated carbocycles. The number of anilines is 1. The lowest BCUT2D eigenvalue weighted by molar-refractivity contribution is -0.115. The van der Waals surface area contributed by atoms with Crippen LogP contribution in [0.2, 0.25) is 0 Å². The highest BCUT2D eigenvalue weighted by atomic mass is 19.1. The lowest BCUT2D eigenvalue weighted by Crippen LogP contribution is -2.16. The van der Waals surface area contributed by atoms with Crippen molar-refractivity contribution in [2.45, 2.75) is 18.8 Å². The molecule has 4 rings (SSSR count). The summed E-state index contributed by atoms with van der Waals surface area (Å²) in [6.45, 7) is 1.85. The van der Waals surface area contributed by atoms with Gasteiger partial charge in [-0.3, -0.25) is 9.89 Å². The van der Waals surface area contributed by atoms with Gasteiger partial charge < -0.3 is 15.6 Å². The summed E-state index contributed by atoms with van der Waals surface area (Å²) in [7, 11) is 0. The molecule has 6 nitrogen and oxygen atoms in total. The molecule has 1 fully saturated rings. The van der Waals surface area contributed by atoms with E-state index in [4.69, 9.17) is 0 Å². The number of nitrogens with zero attached hydrogens (tertiary/aromatic N) is 1. The molecule has 0 aliphatic carbocycles. The molecule has 3 heterocycles. The van der Waals surface area contributed by atoms with Crippen LogP contribution < -0.4 is 10.6 Å². The molecule has 3 aromatic rings. The van der Waals surface area contributed by atoms with E-state index in [1.165, 1.54) is 12.1 Å². The summed E-state index contributed by atoms with van der Waals surface area (Å²) in [5, 5.41) is 14.0. The van der Waals surface area contributed by atoms with Gasteiger partial charge in [-0.2, -0.15) is 5.10 Å². The number of hydrogen-bond acceptors (Lipinski definition) is 3. The maximum absolute atomic E-state index is 13.4. The quantitative estimate of drug-likeness (QED) is 0.593. The van der Waals surface area contributed by atoms with E-state index >= 15 is 0 Å². The number of hydrogen-bond donors (Lipinski definition) is 4. The highest BCUT2D eigenvalue weighted by molar-refractivity contribution is 5.96. The molecule has 2 aromatic heterocycles. The lowest BCUT2D eigenvalue weighted by atomic mass is 10.0. The predicted molar refractivity (Wildman–Crippen MR) is 89.4 cm³/mol. The van der Waals surface area contributed by atoms with E-state index in [1.54, 1.807) is 18.5 Å². The van der Waals surface area contributed by atoms with Gasteiger partial charge in [0.25, 0.3) is 0 Å². The highest BCUT2D eigenvalue weighted by Crippen LogP contribution is 2.27. The van der Waals surface area contributed by atoms with E-state index < -0.39 is 0 Å². The van der Waals surface area contributed by atoms with Gasteiger partial charge >= 0.3 is 0 Å². The van der Waals surface area contributed by atoms with Gasteiger partial charge in [0.2, 0.25) is 5.91 Å². The van der Waals surface area contributed by atoms with Crippen molar-refractivity contribution in [1.29, 1.82) is 0 Å². The number of aromatic amines is 2. The van der Waals surface area contributed by atoms with Crippen molar-refractivity contribution >= 4 is 22.5 Å². The molecule has 1 aliphatic heterocycles. The van der Waals surface area contributed by atoms with Gasteiger partial charge in [0.1, 0.15) is 5.82 Å². The standard InChI is InChI=1S/C17H18FN5O/c18-12-1-2-14-13(6-12)11(8-20-14)5-16(24)22-15-9-21-23-17(15)10-3-4-19-7-10/h1-2,6,8-10,19-20H,3-5,7H2,(H,21,23)(H,22,24). The third kappa shape index (κ3) is 2.78. The summed E-state index contributed by atoms with van der Waals surface area (Å²) < 4.78 is 13.4. The van der Waals surface area contributed by atoms with Crippen molar-refractivity contribution in [1.82, 2.24) is 20.5 Å². The Bertz CT molecular complexity index is 878. The molecule has 1 amide bonds. The second-order valence-corrected chi connectivity index (χ2v) is 6.12. The zero-order valence-corrected chi connectivity index (χ0v) is 13.0. The normalized spacial score (nSPS) is 17.5. The molecule has 24 heavy (non-hydrogen) atoms. The van der Waals surface area contributed by atoms with Gasteiger partial charge in [0.05, 0.1) is 24.0 Å². The average molecular weight is 327 g/mol. The molecule has 1 saturated heterocycles. The van der Waals surface area contributed by atoms with Crippen molar-refractivity contribution in [3.63, 3.8) is 0 Å². The third-order valence-electron chi connectivity index (χ3n) is 4.49. The number of carbonyl (C=O) groups is 1. The number of nitrogens with one attached hydrogen (secondary N) is 4. The highest BCUT2D eigenvalue weighted by Gasteiger charge is 2.22. The summed E-state index contributed by atoms with van der Waals surface area (Å²) in [4.78, 5) is 15.5. The van der Waals surface area contributed by atoms with Crippen LogP contribution in [0.5, 0.6) is 0 Å². The molecule has 0 spiro atoms. The molecular formula is C17H18FN5O. The number of aromatic nitrogens is 3. The number of rotatable bonds is 4. The number of amides is 1. The molecule has 1 unspecified atom stereocenters.